The minimum absolute atomic E-state index is 0.0179. The van der Waals surface area contributed by atoms with Crippen LogP contribution in [-0.2, 0) is 19.1 Å². The predicted molar refractivity (Wildman–Crippen MR) is 57.4 cm³/mol. The highest BCUT2D eigenvalue weighted by molar-refractivity contribution is 5.96. The van der Waals surface area contributed by atoms with Crippen molar-refractivity contribution in [3.63, 3.8) is 0 Å². The van der Waals surface area contributed by atoms with Gasteiger partial charge in [-0.15, -0.1) is 0 Å². The highest BCUT2D eigenvalue weighted by Gasteiger charge is 1.94. The van der Waals surface area contributed by atoms with Crippen LogP contribution in [0.15, 0.2) is 11.8 Å². The molecule has 0 aliphatic carbocycles. The van der Waals surface area contributed by atoms with Gasteiger partial charge in [0.2, 0.25) is 0 Å². The molecule has 0 aromatic rings. The first-order chi connectivity index (χ1) is 6.79. The molecular formula is C11H18O4. The average molecular weight is 214 g/mol. The van der Waals surface area contributed by atoms with E-state index in [1.54, 1.807) is 6.92 Å². The minimum atomic E-state index is -0.0625. The van der Waals surface area contributed by atoms with Crippen LogP contribution in [-0.4, -0.2) is 24.5 Å². The number of carbonyl (C=O) groups is 3. The average Bonchev–Trinajstić information content (AvgIpc) is 2.01. The number of ether oxygens (including phenoxy) is 1. The van der Waals surface area contributed by atoms with Crippen molar-refractivity contribution in [3.05, 3.63) is 11.8 Å². The lowest BCUT2D eigenvalue weighted by Crippen LogP contribution is -1.97. The first-order valence-electron chi connectivity index (χ1n) is 4.51. The van der Waals surface area contributed by atoms with Crippen LogP contribution < -0.4 is 0 Å². The molecule has 0 unspecified atom stereocenters. The minimum Gasteiger partial charge on any atom is -0.501 e. The van der Waals surface area contributed by atoms with Gasteiger partial charge in [-0.2, -0.15) is 0 Å². The number of ketones is 3. The lowest BCUT2D eigenvalue weighted by molar-refractivity contribution is -0.124. The van der Waals surface area contributed by atoms with E-state index >= 15 is 0 Å². The largest absolute Gasteiger partial charge is 0.501 e. The molecule has 4 nitrogen and oxygen atoms in total. The molecule has 0 amide bonds. The Morgan fingerprint density at radius 2 is 1.40 bits per heavy atom. The summed E-state index contributed by atoms with van der Waals surface area (Å²) in [4.78, 5) is 30.3. The van der Waals surface area contributed by atoms with Crippen LogP contribution in [0.2, 0.25) is 0 Å². The lowest BCUT2D eigenvalue weighted by atomic mass is 10.2. The van der Waals surface area contributed by atoms with Gasteiger partial charge in [-0.1, -0.05) is 0 Å². The molecule has 0 saturated carbocycles. The fraction of sp³-hybridized carbons (Fsp3) is 0.545. The third-order valence-electron chi connectivity index (χ3n) is 1.23. The molecule has 0 spiro atoms. The second-order valence-electron chi connectivity index (χ2n) is 3.15. The number of methoxy groups -OCH3 is 1. The Hall–Kier alpha value is -1.45. The van der Waals surface area contributed by atoms with E-state index in [0.717, 1.165) is 0 Å². The van der Waals surface area contributed by atoms with Gasteiger partial charge >= 0.3 is 0 Å². The SMILES string of the molecule is CC(=O)CC(C)=O.CO/C(C)=C\C(C)=O. The van der Waals surface area contributed by atoms with E-state index in [2.05, 4.69) is 0 Å². The normalized spacial score (nSPS) is 9.80. The first-order valence-corrected chi connectivity index (χ1v) is 4.51. The number of hydrogen-bond acceptors (Lipinski definition) is 4. The van der Waals surface area contributed by atoms with E-state index in [0.29, 0.717) is 5.76 Å². The molecule has 0 radical (unpaired) electrons. The van der Waals surface area contributed by atoms with Crippen LogP contribution in [0.1, 0.15) is 34.1 Å². The molecule has 0 N–H and O–H groups in total. The van der Waals surface area contributed by atoms with Crippen molar-refractivity contribution in [3.8, 4) is 0 Å². The number of Topliss-reactive ketones (excluding diaryl/α,β-unsaturated/α-hetero) is 2. The Balaban J connectivity index is 0. The maximum absolute atomic E-state index is 10.3. The molecule has 0 atom stereocenters. The molecule has 0 rings (SSSR count). The third kappa shape index (κ3) is 19.1. The van der Waals surface area contributed by atoms with Crippen LogP contribution in [0, 0.1) is 0 Å². The molecular weight excluding hydrogens is 196 g/mol. The van der Waals surface area contributed by atoms with Crippen molar-refractivity contribution in [2.75, 3.05) is 7.11 Å². The Morgan fingerprint density at radius 1 is 1.00 bits per heavy atom. The quantitative estimate of drug-likeness (QED) is 0.406. The topological polar surface area (TPSA) is 60.4 Å². The predicted octanol–water partition coefficient (Wildman–Crippen LogP) is 1.68. The summed E-state index contributed by atoms with van der Waals surface area (Å²) >= 11 is 0. The third-order valence-corrected chi connectivity index (χ3v) is 1.23. The van der Waals surface area contributed by atoms with Crippen LogP contribution in [0.5, 0.6) is 0 Å². The fourth-order valence-corrected chi connectivity index (χ4v) is 0.696. The zero-order valence-corrected chi connectivity index (χ0v) is 9.92. The Labute approximate surface area is 90.3 Å². The van der Waals surface area contributed by atoms with E-state index in [4.69, 9.17) is 4.74 Å². The summed E-state index contributed by atoms with van der Waals surface area (Å²) in [6, 6.07) is 0. The summed E-state index contributed by atoms with van der Waals surface area (Å²) in [5.41, 5.74) is 0. The smallest absolute Gasteiger partial charge is 0.155 e. The Morgan fingerprint density at radius 3 is 1.47 bits per heavy atom. The zero-order valence-electron chi connectivity index (χ0n) is 9.92. The summed E-state index contributed by atoms with van der Waals surface area (Å²) < 4.78 is 4.70. The molecule has 0 heterocycles. The van der Waals surface area contributed by atoms with Crippen LogP contribution in [0.25, 0.3) is 0 Å². The molecule has 0 aliphatic heterocycles. The lowest BCUT2D eigenvalue weighted by Gasteiger charge is -1.93. The number of carbonyl (C=O) groups excluding carboxylic acids is 3. The number of hydrogen-bond donors (Lipinski definition) is 0. The summed E-state index contributed by atoms with van der Waals surface area (Å²) in [7, 11) is 1.54. The molecule has 0 fully saturated rings. The summed E-state index contributed by atoms with van der Waals surface area (Å²) in [5.74, 6) is 0.543. The van der Waals surface area contributed by atoms with Gasteiger partial charge in [0.1, 0.15) is 11.6 Å². The van der Waals surface area contributed by atoms with Gasteiger partial charge in [-0.25, -0.2) is 0 Å². The van der Waals surface area contributed by atoms with Gasteiger partial charge in [0, 0.05) is 6.08 Å². The van der Waals surface area contributed by atoms with E-state index in [1.807, 2.05) is 0 Å². The van der Waals surface area contributed by atoms with E-state index in [1.165, 1.54) is 34.0 Å². The molecule has 4 heteroatoms. The summed E-state index contributed by atoms with van der Waals surface area (Å²) in [5, 5.41) is 0. The maximum Gasteiger partial charge on any atom is 0.155 e. The molecule has 0 bridgehead atoms. The molecule has 0 aromatic heterocycles. The second-order valence-corrected chi connectivity index (χ2v) is 3.15. The van der Waals surface area contributed by atoms with E-state index in [-0.39, 0.29) is 23.8 Å². The van der Waals surface area contributed by atoms with Crippen LogP contribution >= 0.6 is 0 Å². The highest BCUT2D eigenvalue weighted by Crippen LogP contribution is 1.90. The van der Waals surface area contributed by atoms with E-state index in [9.17, 15) is 14.4 Å². The Kier molecular flexibility index (Phi) is 9.73. The molecule has 15 heavy (non-hydrogen) atoms. The van der Waals surface area contributed by atoms with Crippen molar-refractivity contribution < 1.29 is 19.1 Å². The van der Waals surface area contributed by atoms with Crippen LogP contribution in [0.4, 0.5) is 0 Å². The fourth-order valence-electron chi connectivity index (χ4n) is 0.696. The van der Waals surface area contributed by atoms with Crippen molar-refractivity contribution >= 4 is 17.3 Å². The van der Waals surface area contributed by atoms with Crippen molar-refractivity contribution in [1.29, 1.82) is 0 Å². The highest BCUT2D eigenvalue weighted by atomic mass is 16.5. The van der Waals surface area contributed by atoms with Crippen LogP contribution in [0.3, 0.4) is 0 Å². The first kappa shape index (κ1) is 16.0. The van der Waals surface area contributed by atoms with Gasteiger partial charge in [0.25, 0.3) is 0 Å². The second kappa shape index (κ2) is 9.12. The number of rotatable bonds is 4. The van der Waals surface area contributed by atoms with Gasteiger partial charge in [0.15, 0.2) is 5.78 Å². The van der Waals surface area contributed by atoms with E-state index < -0.39 is 0 Å². The monoisotopic (exact) mass is 214 g/mol. The molecule has 0 aliphatic rings. The molecule has 86 valence electrons. The Bertz CT molecular complexity index is 252. The van der Waals surface area contributed by atoms with Crippen molar-refractivity contribution in [2.45, 2.75) is 34.1 Å². The van der Waals surface area contributed by atoms with Crippen molar-refractivity contribution in [2.24, 2.45) is 0 Å². The van der Waals surface area contributed by atoms with Crippen molar-refractivity contribution in [1.82, 2.24) is 0 Å². The summed E-state index contributed by atoms with van der Waals surface area (Å²) in [6.45, 7) is 6.03. The maximum atomic E-state index is 10.3. The summed E-state index contributed by atoms with van der Waals surface area (Å²) in [6.07, 6.45) is 1.53. The molecule has 0 aromatic carbocycles. The van der Waals surface area contributed by atoms with Gasteiger partial charge in [0.05, 0.1) is 19.3 Å². The van der Waals surface area contributed by atoms with Gasteiger partial charge < -0.3 is 4.74 Å². The van der Waals surface area contributed by atoms with Gasteiger partial charge in [-0.05, 0) is 27.7 Å². The molecule has 0 saturated heterocycles. The number of allylic oxidation sites excluding steroid dienone is 2. The van der Waals surface area contributed by atoms with Gasteiger partial charge in [-0.3, -0.25) is 14.4 Å². The standard InChI is InChI=1S/C6H10O2.C5H8O2/c1-5(7)4-6(2)8-3;1-4(6)3-5(2)7/h4H,1-3H3;3H2,1-2H3/b6-4-;. The zero-order chi connectivity index (χ0) is 12.4.